The van der Waals surface area contributed by atoms with Crippen molar-refractivity contribution >= 4 is 6.16 Å². The minimum absolute atomic E-state index is 0.223. The maximum absolute atomic E-state index is 11.8. The van der Waals surface area contributed by atoms with Crippen molar-refractivity contribution in [3.05, 3.63) is 0 Å². The smallest absolute Gasteiger partial charge is 0.450 e. The standard InChI is InChI=1S/C4H5F3O3/c1-4(6,7)2(5)10-3(8)9/h2H,1H3,(H,8,9). The van der Waals surface area contributed by atoms with Crippen LogP contribution in [0.4, 0.5) is 18.0 Å². The van der Waals surface area contributed by atoms with Crippen LogP contribution in [0, 0.1) is 0 Å². The van der Waals surface area contributed by atoms with Gasteiger partial charge in [-0.25, -0.2) is 4.79 Å². The molecule has 0 amide bonds. The van der Waals surface area contributed by atoms with Crippen LogP contribution in [0.15, 0.2) is 0 Å². The zero-order valence-electron chi connectivity index (χ0n) is 4.97. The first-order chi connectivity index (χ1) is 4.34. The summed E-state index contributed by atoms with van der Waals surface area (Å²) in [4.78, 5) is 9.46. The highest BCUT2D eigenvalue weighted by Gasteiger charge is 2.37. The average molecular weight is 158 g/mol. The first-order valence-electron chi connectivity index (χ1n) is 2.25. The maximum Gasteiger partial charge on any atom is 0.508 e. The Labute approximate surface area is 54.4 Å². The zero-order valence-corrected chi connectivity index (χ0v) is 4.97. The second-order valence-corrected chi connectivity index (χ2v) is 1.66. The van der Waals surface area contributed by atoms with Crippen molar-refractivity contribution in [1.29, 1.82) is 0 Å². The highest BCUT2D eigenvalue weighted by atomic mass is 19.3. The molecule has 0 saturated carbocycles. The topological polar surface area (TPSA) is 46.5 Å². The molecule has 0 aliphatic rings. The molecule has 1 N–H and O–H groups in total. The molecular formula is C4H5F3O3. The van der Waals surface area contributed by atoms with E-state index in [1.54, 1.807) is 0 Å². The van der Waals surface area contributed by atoms with Gasteiger partial charge in [0.2, 0.25) is 0 Å². The third-order valence-electron chi connectivity index (χ3n) is 0.603. The van der Waals surface area contributed by atoms with Crippen molar-refractivity contribution in [2.24, 2.45) is 0 Å². The number of rotatable bonds is 2. The van der Waals surface area contributed by atoms with Gasteiger partial charge in [0, 0.05) is 6.92 Å². The molecule has 0 spiro atoms. The summed E-state index contributed by atoms with van der Waals surface area (Å²) in [5, 5.41) is 7.65. The second kappa shape index (κ2) is 2.76. The Bertz CT molecular complexity index is 130. The molecule has 10 heavy (non-hydrogen) atoms. The van der Waals surface area contributed by atoms with Gasteiger partial charge >= 0.3 is 18.4 Å². The third kappa shape index (κ3) is 3.16. The Morgan fingerprint density at radius 1 is 1.70 bits per heavy atom. The van der Waals surface area contributed by atoms with Gasteiger partial charge < -0.3 is 9.84 Å². The largest absolute Gasteiger partial charge is 0.508 e. The van der Waals surface area contributed by atoms with Gasteiger partial charge in [0.15, 0.2) is 0 Å². The van der Waals surface area contributed by atoms with Crippen molar-refractivity contribution in [3.63, 3.8) is 0 Å². The van der Waals surface area contributed by atoms with Gasteiger partial charge in [0.1, 0.15) is 0 Å². The van der Waals surface area contributed by atoms with Crippen LogP contribution in [0.1, 0.15) is 6.92 Å². The van der Waals surface area contributed by atoms with Gasteiger partial charge in [0.25, 0.3) is 0 Å². The molecule has 6 heteroatoms. The number of hydrogen-bond acceptors (Lipinski definition) is 2. The predicted molar refractivity (Wildman–Crippen MR) is 24.6 cm³/mol. The van der Waals surface area contributed by atoms with Crippen LogP contribution >= 0.6 is 0 Å². The van der Waals surface area contributed by atoms with E-state index in [0.717, 1.165) is 0 Å². The van der Waals surface area contributed by atoms with Crippen LogP contribution in [0.5, 0.6) is 0 Å². The predicted octanol–water partition coefficient (Wildman–Crippen LogP) is 1.63. The van der Waals surface area contributed by atoms with E-state index in [9.17, 15) is 18.0 Å². The summed E-state index contributed by atoms with van der Waals surface area (Å²) in [6.45, 7) is 0.223. The fourth-order valence-corrected chi connectivity index (χ4v) is 0.192. The van der Waals surface area contributed by atoms with E-state index in [4.69, 9.17) is 5.11 Å². The summed E-state index contributed by atoms with van der Waals surface area (Å²) in [5.74, 6) is -3.78. The molecule has 0 aromatic rings. The van der Waals surface area contributed by atoms with Crippen LogP contribution < -0.4 is 0 Å². The second-order valence-electron chi connectivity index (χ2n) is 1.66. The normalized spacial score (nSPS) is 14.4. The van der Waals surface area contributed by atoms with Gasteiger partial charge in [0.05, 0.1) is 0 Å². The molecule has 0 fully saturated rings. The molecule has 0 aromatic carbocycles. The Balaban J connectivity index is 3.85. The van der Waals surface area contributed by atoms with Gasteiger partial charge in [-0.2, -0.15) is 13.2 Å². The SMILES string of the molecule is CC(F)(F)C(F)OC(=O)O. The number of carboxylic acid groups (broad SMARTS) is 1. The molecule has 0 aliphatic heterocycles. The number of carbonyl (C=O) groups is 1. The Morgan fingerprint density at radius 2 is 2.10 bits per heavy atom. The quantitative estimate of drug-likeness (QED) is 0.621. The molecule has 60 valence electrons. The average Bonchev–Trinajstić information content (AvgIpc) is 1.60. The van der Waals surface area contributed by atoms with E-state index in [1.165, 1.54) is 0 Å². The van der Waals surface area contributed by atoms with E-state index in [1.807, 2.05) is 0 Å². The number of ether oxygens (including phenoxy) is 1. The van der Waals surface area contributed by atoms with Crippen LogP contribution in [0.25, 0.3) is 0 Å². The molecule has 0 heterocycles. The van der Waals surface area contributed by atoms with Gasteiger partial charge in [-0.15, -0.1) is 0 Å². The summed E-state index contributed by atoms with van der Waals surface area (Å²) in [6, 6.07) is 0. The lowest BCUT2D eigenvalue weighted by Gasteiger charge is -2.13. The Kier molecular flexibility index (Phi) is 2.50. The van der Waals surface area contributed by atoms with E-state index < -0.39 is 18.4 Å². The van der Waals surface area contributed by atoms with E-state index in [-0.39, 0.29) is 6.92 Å². The minimum Gasteiger partial charge on any atom is -0.450 e. The molecule has 0 radical (unpaired) electrons. The lowest BCUT2D eigenvalue weighted by Crippen LogP contribution is -2.30. The molecule has 0 aliphatic carbocycles. The summed E-state index contributed by atoms with van der Waals surface area (Å²) >= 11 is 0. The zero-order chi connectivity index (χ0) is 8.36. The summed E-state index contributed by atoms with van der Waals surface area (Å²) in [6.07, 6.45) is -5.15. The summed E-state index contributed by atoms with van der Waals surface area (Å²) < 4.78 is 38.3. The maximum atomic E-state index is 11.8. The highest BCUT2D eigenvalue weighted by molar-refractivity contribution is 5.56. The van der Waals surface area contributed by atoms with Crippen molar-refractivity contribution in [1.82, 2.24) is 0 Å². The number of hydrogen-bond donors (Lipinski definition) is 1. The third-order valence-corrected chi connectivity index (χ3v) is 0.603. The first-order valence-corrected chi connectivity index (χ1v) is 2.25. The highest BCUT2D eigenvalue weighted by Crippen LogP contribution is 2.20. The van der Waals surface area contributed by atoms with Crippen LogP contribution in [-0.2, 0) is 4.74 Å². The fraction of sp³-hybridized carbons (Fsp3) is 0.750. The first kappa shape index (κ1) is 9.06. The van der Waals surface area contributed by atoms with Crippen LogP contribution in [-0.4, -0.2) is 23.5 Å². The van der Waals surface area contributed by atoms with Crippen molar-refractivity contribution < 1.29 is 27.8 Å². The van der Waals surface area contributed by atoms with E-state index in [2.05, 4.69) is 4.74 Å². The van der Waals surface area contributed by atoms with E-state index in [0.29, 0.717) is 0 Å². The van der Waals surface area contributed by atoms with Gasteiger partial charge in [-0.1, -0.05) is 0 Å². The van der Waals surface area contributed by atoms with E-state index >= 15 is 0 Å². The van der Waals surface area contributed by atoms with Crippen molar-refractivity contribution in [2.45, 2.75) is 19.2 Å². The minimum atomic E-state index is -3.78. The molecule has 3 nitrogen and oxygen atoms in total. The molecule has 0 saturated heterocycles. The lowest BCUT2D eigenvalue weighted by atomic mass is 10.4. The summed E-state index contributed by atoms with van der Waals surface area (Å²) in [7, 11) is 0. The Hall–Kier alpha value is -0.940. The number of alkyl halides is 3. The molecule has 1 atom stereocenters. The Morgan fingerprint density at radius 3 is 2.20 bits per heavy atom. The molecule has 1 unspecified atom stereocenters. The molecular weight excluding hydrogens is 153 g/mol. The van der Waals surface area contributed by atoms with Crippen molar-refractivity contribution in [2.75, 3.05) is 0 Å². The van der Waals surface area contributed by atoms with Gasteiger partial charge in [-0.05, 0) is 0 Å². The van der Waals surface area contributed by atoms with Crippen LogP contribution in [0.2, 0.25) is 0 Å². The van der Waals surface area contributed by atoms with Crippen molar-refractivity contribution in [3.8, 4) is 0 Å². The lowest BCUT2D eigenvalue weighted by molar-refractivity contribution is -0.164. The van der Waals surface area contributed by atoms with Crippen LogP contribution in [0.3, 0.4) is 0 Å². The monoisotopic (exact) mass is 158 g/mol. The van der Waals surface area contributed by atoms with Gasteiger partial charge in [-0.3, -0.25) is 0 Å². The molecule has 0 aromatic heterocycles. The molecule has 0 bridgehead atoms. The fourth-order valence-electron chi connectivity index (χ4n) is 0.192. The number of halogens is 3. The molecule has 0 rings (SSSR count). The summed E-state index contributed by atoms with van der Waals surface area (Å²) in [5.41, 5.74) is 0.